The Kier molecular flexibility index (Phi) is 7.31. The van der Waals surface area contributed by atoms with E-state index in [4.69, 9.17) is 9.47 Å². The molecule has 0 unspecified atom stereocenters. The van der Waals surface area contributed by atoms with Crippen LogP contribution in [0.1, 0.15) is 27.8 Å². The Labute approximate surface area is 223 Å². The van der Waals surface area contributed by atoms with Crippen LogP contribution in [0.15, 0.2) is 65.3 Å². The van der Waals surface area contributed by atoms with Gasteiger partial charge in [0.05, 0.1) is 12.1 Å². The molecule has 4 rings (SSSR count). The summed E-state index contributed by atoms with van der Waals surface area (Å²) < 4.78 is 13.2. The van der Waals surface area contributed by atoms with Crippen molar-refractivity contribution in [1.82, 2.24) is 0 Å². The number of aryl methyl sites for hydroxylation is 2. The number of nitrogens with zero attached hydrogens (tertiary/aromatic N) is 2. The number of benzene rings is 3. The Morgan fingerprint density at radius 3 is 2.35 bits per heavy atom. The molecule has 0 saturated carbocycles. The van der Waals surface area contributed by atoms with Crippen molar-refractivity contribution in [3.8, 4) is 5.75 Å². The second kappa shape index (κ2) is 10.2. The van der Waals surface area contributed by atoms with Gasteiger partial charge in [0.1, 0.15) is 12.4 Å². The van der Waals surface area contributed by atoms with Gasteiger partial charge in [-0.2, -0.15) is 0 Å². The minimum atomic E-state index is -0.573. The van der Waals surface area contributed by atoms with Crippen molar-refractivity contribution in [3.05, 3.63) is 105 Å². The van der Waals surface area contributed by atoms with Gasteiger partial charge in [-0.05, 0) is 100 Å². The summed E-state index contributed by atoms with van der Waals surface area (Å²) >= 11 is 4.42. The molecular formula is C25H18I2N2O5. The molecule has 0 aliphatic carbocycles. The highest BCUT2D eigenvalue weighted by molar-refractivity contribution is 14.1. The fourth-order valence-corrected chi connectivity index (χ4v) is 5.45. The molecule has 0 amide bonds. The summed E-state index contributed by atoms with van der Waals surface area (Å²) in [4.78, 5) is 27.3. The molecule has 172 valence electrons. The quantitative estimate of drug-likeness (QED) is 0.0997. The van der Waals surface area contributed by atoms with Gasteiger partial charge >= 0.3 is 5.97 Å². The van der Waals surface area contributed by atoms with Crippen LogP contribution < -0.4 is 4.74 Å². The standard InChI is InChI=1S/C25H18I2N2O5/c1-14-3-5-16(6-4-14)13-33-23-19(26)10-17(11-20(23)27)12-21-25(30)34-24(28-21)18-7-8-22(29(31)32)15(2)9-18/h3-12H,13H2,1-2H3/b21-12-. The molecule has 3 aromatic rings. The van der Waals surface area contributed by atoms with Crippen LogP contribution in [0.3, 0.4) is 0 Å². The third kappa shape index (κ3) is 5.46. The molecule has 0 aromatic heterocycles. The molecule has 0 fully saturated rings. The summed E-state index contributed by atoms with van der Waals surface area (Å²) in [6.07, 6.45) is 1.65. The van der Waals surface area contributed by atoms with E-state index < -0.39 is 10.9 Å². The maximum Gasteiger partial charge on any atom is 0.363 e. The summed E-state index contributed by atoms with van der Waals surface area (Å²) in [6.45, 7) is 4.13. The van der Waals surface area contributed by atoms with Crippen molar-refractivity contribution in [2.24, 2.45) is 4.99 Å². The van der Waals surface area contributed by atoms with Crippen LogP contribution in [-0.4, -0.2) is 16.8 Å². The van der Waals surface area contributed by atoms with Gasteiger partial charge in [0.25, 0.3) is 5.69 Å². The van der Waals surface area contributed by atoms with Gasteiger partial charge in [-0.25, -0.2) is 9.79 Å². The van der Waals surface area contributed by atoms with E-state index in [1.165, 1.54) is 17.7 Å². The number of esters is 1. The lowest BCUT2D eigenvalue weighted by Gasteiger charge is -2.12. The molecule has 1 aliphatic rings. The van der Waals surface area contributed by atoms with Gasteiger partial charge in [-0.3, -0.25) is 10.1 Å². The number of carbonyl (C=O) groups is 1. The summed E-state index contributed by atoms with van der Waals surface area (Å²) in [5.41, 5.74) is 4.19. The summed E-state index contributed by atoms with van der Waals surface area (Å²) in [5.74, 6) is 0.330. The van der Waals surface area contributed by atoms with Crippen molar-refractivity contribution in [2.45, 2.75) is 20.5 Å². The van der Waals surface area contributed by atoms with Crippen molar-refractivity contribution < 1.29 is 19.2 Å². The average Bonchev–Trinajstić information content (AvgIpc) is 3.14. The van der Waals surface area contributed by atoms with Crippen LogP contribution in [0.25, 0.3) is 6.08 Å². The smallest absolute Gasteiger partial charge is 0.363 e. The van der Waals surface area contributed by atoms with Crippen molar-refractivity contribution in [1.29, 1.82) is 0 Å². The van der Waals surface area contributed by atoms with Gasteiger partial charge in [-0.1, -0.05) is 29.8 Å². The lowest BCUT2D eigenvalue weighted by molar-refractivity contribution is -0.385. The van der Waals surface area contributed by atoms with Crippen molar-refractivity contribution in [2.75, 3.05) is 0 Å². The molecule has 0 radical (unpaired) electrons. The lowest BCUT2D eigenvalue weighted by atomic mass is 10.1. The summed E-state index contributed by atoms with van der Waals surface area (Å²) in [7, 11) is 0. The fourth-order valence-electron chi connectivity index (χ4n) is 3.32. The predicted molar refractivity (Wildman–Crippen MR) is 146 cm³/mol. The van der Waals surface area contributed by atoms with E-state index in [2.05, 4.69) is 62.3 Å². The molecule has 3 aromatic carbocycles. The van der Waals surface area contributed by atoms with Gasteiger partial charge in [0.2, 0.25) is 5.90 Å². The number of ether oxygens (including phenoxy) is 2. The minimum Gasteiger partial charge on any atom is -0.487 e. The van der Waals surface area contributed by atoms with E-state index in [1.54, 1.807) is 19.1 Å². The molecule has 0 N–H and O–H groups in total. The fraction of sp³-hybridized carbons (Fsp3) is 0.120. The molecule has 1 heterocycles. The van der Waals surface area contributed by atoms with Crippen LogP contribution in [0.5, 0.6) is 5.75 Å². The monoisotopic (exact) mass is 680 g/mol. The zero-order chi connectivity index (χ0) is 24.4. The highest BCUT2D eigenvalue weighted by atomic mass is 127. The number of nitro benzene ring substituents is 1. The SMILES string of the molecule is Cc1ccc(COc2c(I)cc(/C=C3\N=C(c4ccc([N+](=O)[O-])c(C)c4)OC3=O)cc2I)cc1. The van der Waals surface area contributed by atoms with Crippen LogP contribution >= 0.6 is 45.2 Å². The number of hydrogen-bond donors (Lipinski definition) is 0. The van der Waals surface area contributed by atoms with E-state index in [9.17, 15) is 14.9 Å². The van der Waals surface area contributed by atoms with E-state index in [0.717, 1.165) is 24.0 Å². The van der Waals surface area contributed by atoms with Crippen molar-refractivity contribution in [3.63, 3.8) is 0 Å². The molecule has 0 saturated heterocycles. The molecule has 1 aliphatic heterocycles. The number of rotatable bonds is 6. The maximum absolute atomic E-state index is 12.4. The Morgan fingerprint density at radius 2 is 1.74 bits per heavy atom. The van der Waals surface area contributed by atoms with Crippen molar-refractivity contribution >= 4 is 68.8 Å². The second-order valence-electron chi connectivity index (χ2n) is 7.68. The first-order chi connectivity index (χ1) is 16.2. The van der Waals surface area contributed by atoms with E-state index in [-0.39, 0.29) is 17.3 Å². The first-order valence-corrected chi connectivity index (χ1v) is 12.3. The summed E-state index contributed by atoms with van der Waals surface area (Å²) in [5, 5.41) is 11.0. The van der Waals surface area contributed by atoms with Crippen LogP contribution in [0.2, 0.25) is 0 Å². The Balaban J connectivity index is 1.55. The third-order valence-corrected chi connectivity index (χ3v) is 6.69. The highest BCUT2D eigenvalue weighted by Gasteiger charge is 2.25. The van der Waals surface area contributed by atoms with Gasteiger partial charge in [0, 0.05) is 17.2 Å². The minimum absolute atomic E-state index is 0.00160. The predicted octanol–water partition coefficient (Wildman–Crippen LogP) is 6.34. The first-order valence-electron chi connectivity index (χ1n) is 10.2. The molecule has 34 heavy (non-hydrogen) atoms. The zero-order valence-electron chi connectivity index (χ0n) is 18.2. The molecule has 0 bridgehead atoms. The van der Waals surface area contributed by atoms with Gasteiger partial charge < -0.3 is 9.47 Å². The summed E-state index contributed by atoms with van der Waals surface area (Å²) in [6, 6.07) is 16.5. The average molecular weight is 680 g/mol. The Hall–Kier alpha value is -2.80. The number of cyclic esters (lactones) is 1. The number of hydrogen-bond acceptors (Lipinski definition) is 6. The molecule has 0 atom stereocenters. The molecule has 9 heteroatoms. The lowest BCUT2D eigenvalue weighted by Crippen LogP contribution is -2.06. The van der Waals surface area contributed by atoms with Gasteiger partial charge in [0.15, 0.2) is 5.70 Å². The number of halogens is 2. The largest absolute Gasteiger partial charge is 0.487 e. The Bertz CT molecular complexity index is 1340. The van der Waals surface area contributed by atoms with E-state index >= 15 is 0 Å². The maximum atomic E-state index is 12.4. The van der Waals surface area contributed by atoms with Gasteiger partial charge in [-0.15, -0.1) is 0 Å². The molecule has 0 spiro atoms. The molecular weight excluding hydrogens is 662 g/mol. The van der Waals surface area contributed by atoms with Crippen LogP contribution in [0.4, 0.5) is 5.69 Å². The van der Waals surface area contributed by atoms with E-state index in [1.807, 2.05) is 31.2 Å². The van der Waals surface area contributed by atoms with Crippen LogP contribution in [0, 0.1) is 31.1 Å². The number of carbonyl (C=O) groups excluding carboxylic acids is 1. The Morgan fingerprint density at radius 1 is 1.06 bits per heavy atom. The first kappa shape index (κ1) is 24.3. The normalized spacial score (nSPS) is 14.2. The van der Waals surface area contributed by atoms with Crippen LogP contribution in [-0.2, 0) is 16.1 Å². The number of nitro groups is 1. The third-order valence-electron chi connectivity index (χ3n) is 5.09. The highest BCUT2D eigenvalue weighted by Crippen LogP contribution is 2.31. The van der Waals surface area contributed by atoms with E-state index in [0.29, 0.717) is 17.7 Å². The zero-order valence-corrected chi connectivity index (χ0v) is 22.5. The topological polar surface area (TPSA) is 91.0 Å². The number of aliphatic imine (C=N–C) groups is 1. The second-order valence-corrected chi connectivity index (χ2v) is 10.0. The molecule has 7 nitrogen and oxygen atoms in total.